The number of amides is 2. The molecule has 0 aromatic heterocycles. The third-order valence-electron chi connectivity index (χ3n) is 4.25. The lowest BCUT2D eigenvalue weighted by molar-refractivity contribution is -0.122. The summed E-state index contributed by atoms with van der Waals surface area (Å²) in [4.78, 5) is 25.5. The van der Waals surface area contributed by atoms with Gasteiger partial charge >= 0.3 is 0 Å². The monoisotopic (exact) mass is 403 g/mol. The first-order valence-corrected chi connectivity index (χ1v) is 8.26. The van der Waals surface area contributed by atoms with Gasteiger partial charge in [0.05, 0.1) is 12.3 Å². The lowest BCUT2D eigenvalue weighted by Crippen LogP contribution is -2.40. The van der Waals surface area contributed by atoms with E-state index in [0.717, 1.165) is 44.3 Å². The van der Waals surface area contributed by atoms with E-state index in [2.05, 4.69) is 15.3 Å². The van der Waals surface area contributed by atoms with Crippen LogP contribution in [0.15, 0.2) is 29.4 Å². The molecule has 2 amide bonds. The fourth-order valence-corrected chi connectivity index (χ4v) is 2.97. The minimum atomic E-state index is -0.232. The van der Waals surface area contributed by atoms with E-state index in [-0.39, 0.29) is 42.7 Å². The lowest BCUT2D eigenvalue weighted by Gasteiger charge is -2.21. The number of hydrogen-bond acceptors (Lipinski definition) is 5. The summed E-state index contributed by atoms with van der Waals surface area (Å²) < 4.78 is 0. The van der Waals surface area contributed by atoms with Crippen LogP contribution in [0.3, 0.4) is 0 Å². The molecule has 5 N–H and O–H groups in total. The van der Waals surface area contributed by atoms with E-state index in [0.29, 0.717) is 12.1 Å². The number of rotatable bonds is 8. The SMILES string of the molecule is Cl.Cl.NN=Cc1ccc(C(=O)NCCCCN2CCC[C@H]2C(N)=O)cc1. The number of primary amides is 1. The standard InChI is InChI=1S/C17H25N5O2.2ClH/c18-16(23)15-4-3-11-22(15)10-2-1-9-20-17(24)14-7-5-13(6-8-14)12-21-19;;/h5-8,12,15H,1-4,9-11,19H2,(H2,18,23)(H,20,24);2*1H/t15-;;/m0../s1. The van der Waals surface area contributed by atoms with Gasteiger partial charge in [0.1, 0.15) is 0 Å². The van der Waals surface area contributed by atoms with Crippen LogP contribution in [-0.4, -0.2) is 48.6 Å². The topological polar surface area (TPSA) is 114 Å². The van der Waals surface area contributed by atoms with Crippen LogP contribution in [0.1, 0.15) is 41.6 Å². The molecule has 7 nitrogen and oxygen atoms in total. The second-order valence-electron chi connectivity index (χ2n) is 5.96. The molecule has 0 aliphatic carbocycles. The van der Waals surface area contributed by atoms with Crippen molar-refractivity contribution < 1.29 is 9.59 Å². The van der Waals surface area contributed by atoms with Crippen LogP contribution in [0.25, 0.3) is 0 Å². The number of hydrogen-bond donors (Lipinski definition) is 3. The van der Waals surface area contributed by atoms with Gasteiger partial charge in [-0.15, -0.1) is 24.8 Å². The third-order valence-corrected chi connectivity index (χ3v) is 4.25. The Kier molecular flexibility index (Phi) is 11.6. The summed E-state index contributed by atoms with van der Waals surface area (Å²) in [5, 5.41) is 6.34. The minimum absolute atomic E-state index is 0. The molecule has 1 aromatic rings. The summed E-state index contributed by atoms with van der Waals surface area (Å²) in [5.41, 5.74) is 6.86. The molecule has 1 fully saturated rings. The van der Waals surface area contributed by atoms with Crippen molar-refractivity contribution in [2.75, 3.05) is 19.6 Å². The smallest absolute Gasteiger partial charge is 0.251 e. The molecule has 0 spiro atoms. The van der Waals surface area contributed by atoms with Crippen LogP contribution in [0.5, 0.6) is 0 Å². The number of nitrogens with zero attached hydrogens (tertiary/aromatic N) is 2. The maximum atomic E-state index is 12.0. The number of unbranched alkanes of at least 4 members (excludes halogenated alkanes) is 1. The summed E-state index contributed by atoms with van der Waals surface area (Å²) in [6.07, 6.45) is 5.20. The van der Waals surface area contributed by atoms with Gasteiger partial charge in [0.15, 0.2) is 0 Å². The Morgan fingerprint density at radius 2 is 1.92 bits per heavy atom. The summed E-state index contributed by atoms with van der Waals surface area (Å²) in [7, 11) is 0. The fourth-order valence-electron chi connectivity index (χ4n) is 2.97. The van der Waals surface area contributed by atoms with E-state index < -0.39 is 0 Å². The number of nitrogens with one attached hydrogen (secondary N) is 1. The first kappa shape index (κ1) is 24.2. The number of carbonyl (C=O) groups excluding carboxylic acids is 2. The van der Waals surface area contributed by atoms with Gasteiger partial charge in [-0.2, -0.15) is 5.10 Å². The molecule has 0 unspecified atom stereocenters. The van der Waals surface area contributed by atoms with Gasteiger partial charge in [0.2, 0.25) is 5.91 Å². The van der Waals surface area contributed by atoms with Gasteiger partial charge in [-0.25, -0.2) is 0 Å². The highest BCUT2D eigenvalue weighted by molar-refractivity contribution is 5.95. The Balaban J connectivity index is 0.00000312. The number of benzene rings is 1. The average molecular weight is 404 g/mol. The molecule has 0 saturated carbocycles. The van der Waals surface area contributed by atoms with E-state index in [1.807, 2.05) is 0 Å². The van der Waals surface area contributed by atoms with Gasteiger partial charge in [-0.05, 0) is 56.5 Å². The number of carbonyl (C=O) groups is 2. The van der Waals surface area contributed by atoms with Crippen LogP contribution < -0.4 is 16.9 Å². The Labute approximate surface area is 166 Å². The maximum Gasteiger partial charge on any atom is 0.251 e. The van der Waals surface area contributed by atoms with E-state index in [4.69, 9.17) is 11.6 Å². The van der Waals surface area contributed by atoms with Crippen molar-refractivity contribution in [3.05, 3.63) is 35.4 Å². The van der Waals surface area contributed by atoms with Crippen molar-refractivity contribution in [2.45, 2.75) is 31.7 Å². The summed E-state index contributed by atoms with van der Waals surface area (Å²) in [6, 6.07) is 6.96. The van der Waals surface area contributed by atoms with Gasteiger partial charge in [-0.1, -0.05) is 12.1 Å². The first-order chi connectivity index (χ1) is 11.6. The van der Waals surface area contributed by atoms with Crippen LogP contribution in [0.2, 0.25) is 0 Å². The van der Waals surface area contributed by atoms with Crippen LogP contribution in [0.4, 0.5) is 0 Å². The van der Waals surface area contributed by atoms with Crippen molar-refractivity contribution in [2.24, 2.45) is 16.7 Å². The molecule has 2 rings (SSSR count). The molecule has 1 heterocycles. The largest absolute Gasteiger partial charge is 0.368 e. The maximum absolute atomic E-state index is 12.0. The Morgan fingerprint density at radius 1 is 1.23 bits per heavy atom. The van der Waals surface area contributed by atoms with Crippen LogP contribution in [-0.2, 0) is 4.79 Å². The molecule has 9 heteroatoms. The Hall–Kier alpha value is -1.83. The van der Waals surface area contributed by atoms with Crippen molar-refractivity contribution in [1.29, 1.82) is 0 Å². The number of halogens is 2. The molecule has 1 atom stereocenters. The van der Waals surface area contributed by atoms with Crippen molar-refractivity contribution >= 4 is 42.8 Å². The molecule has 1 saturated heterocycles. The molecule has 146 valence electrons. The quantitative estimate of drug-likeness (QED) is 0.262. The number of likely N-dealkylation sites (tertiary alicyclic amines) is 1. The number of hydrazone groups is 1. The summed E-state index contributed by atoms with van der Waals surface area (Å²) in [5.74, 6) is 4.76. The predicted octanol–water partition coefficient (Wildman–Crippen LogP) is 1.28. The molecule has 1 aromatic carbocycles. The van der Waals surface area contributed by atoms with Crippen LogP contribution >= 0.6 is 24.8 Å². The molecule has 26 heavy (non-hydrogen) atoms. The molecular formula is C17H27Cl2N5O2. The van der Waals surface area contributed by atoms with E-state index >= 15 is 0 Å². The van der Waals surface area contributed by atoms with Crippen molar-refractivity contribution in [3.63, 3.8) is 0 Å². The molecule has 1 aliphatic heterocycles. The Morgan fingerprint density at radius 3 is 2.54 bits per heavy atom. The summed E-state index contributed by atoms with van der Waals surface area (Å²) >= 11 is 0. The van der Waals surface area contributed by atoms with Crippen molar-refractivity contribution in [1.82, 2.24) is 10.2 Å². The first-order valence-electron chi connectivity index (χ1n) is 8.26. The highest BCUT2D eigenvalue weighted by Gasteiger charge is 2.27. The minimum Gasteiger partial charge on any atom is -0.368 e. The third kappa shape index (κ3) is 7.19. The lowest BCUT2D eigenvalue weighted by atomic mass is 10.1. The fraction of sp³-hybridized carbons (Fsp3) is 0.471. The molecule has 1 aliphatic rings. The van der Waals surface area contributed by atoms with Crippen LogP contribution in [0, 0.1) is 0 Å². The van der Waals surface area contributed by atoms with E-state index in [1.165, 1.54) is 6.21 Å². The van der Waals surface area contributed by atoms with E-state index in [1.54, 1.807) is 24.3 Å². The second-order valence-corrected chi connectivity index (χ2v) is 5.96. The predicted molar refractivity (Wildman–Crippen MR) is 108 cm³/mol. The second kappa shape index (κ2) is 12.5. The van der Waals surface area contributed by atoms with Crippen molar-refractivity contribution in [3.8, 4) is 0 Å². The summed E-state index contributed by atoms with van der Waals surface area (Å²) in [6.45, 7) is 2.38. The Bertz CT molecular complexity index is 595. The van der Waals surface area contributed by atoms with Gasteiger partial charge in [-0.3, -0.25) is 14.5 Å². The zero-order valence-electron chi connectivity index (χ0n) is 14.6. The molecular weight excluding hydrogens is 377 g/mol. The van der Waals surface area contributed by atoms with Gasteiger partial charge in [0.25, 0.3) is 5.91 Å². The zero-order chi connectivity index (χ0) is 17.4. The molecule has 0 radical (unpaired) electrons. The highest BCUT2D eigenvalue weighted by Crippen LogP contribution is 2.17. The van der Waals surface area contributed by atoms with E-state index in [9.17, 15) is 9.59 Å². The molecule has 0 bridgehead atoms. The normalized spacial score (nSPS) is 16.7. The number of nitrogens with two attached hydrogens (primary N) is 2. The zero-order valence-corrected chi connectivity index (χ0v) is 16.2. The van der Waals surface area contributed by atoms with Gasteiger partial charge in [0, 0.05) is 12.1 Å². The average Bonchev–Trinajstić information content (AvgIpc) is 3.04. The van der Waals surface area contributed by atoms with Gasteiger partial charge < -0.3 is 16.9 Å². The highest BCUT2D eigenvalue weighted by atomic mass is 35.5.